The van der Waals surface area contributed by atoms with Crippen molar-refractivity contribution in [3.8, 4) is 5.75 Å². The van der Waals surface area contributed by atoms with Crippen molar-refractivity contribution in [1.82, 2.24) is 4.90 Å². The highest BCUT2D eigenvalue weighted by molar-refractivity contribution is 5.94. The summed E-state index contributed by atoms with van der Waals surface area (Å²) in [5.41, 5.74) is 0.700. The molecule has 1 N–H and O–H groups in total. The predicted molar refractivity (Wildman–Crippen MR) is 101 cm³/mol. The normalized spacial score (nSPS) is 14.3. The Hall–Kier alpha value is -2.96. The number of hydrogen-bond acceptors (Lipinski definition) is 3. The number of ether oxygens (including phenoxy) is 1. The summed E-state index contributed by atoms with van der Waals surface area (Å²) in [6, 6.07) is 9.28. The number of carbonyl (C=O) groups excluding carboxylic acids is 2. The first-order valence-corrected chi connectivity index (χ1v) is 9.09. The number of nitrogens with one attached hydrogen (secondary N) is 1. The monoisotopic (exact) mass is 388 g/mol. The fraction of sp³-hybridized carbons (Fsp3) is 0.333. The Balaban J connectivity index is 1.58. The van der Waals surface area contributed by atoms with E-state index >= 15 is 0 Å². The third kappa shape index (κ3) is 4.85. The van der Waals surface area contributed by atoms with Crippen LogP contribution in [0.1, 0.15) is 31.4 Å². The van der Waals surface area contributed by atoms with Gasteiger partial charge in [0.2, 0.25) is 5.91 Å². The molecule has 148 valence electrons. The van der Waals surface area contributed by atoms with Crippen molar-refractivity contribution in [3.63, 3.8) is 0 Å². The average Bonchev–Trinajstić information content (AvgIpc) is 3.52. The van der Waals surface area contributed by atoms with Crippen molar-refractivity contribution in [3.05, 3.63) is 59.7 Å². The smallest absolute Gasteiger partial charge is 0.260 e. The van der Waals surface area contributed by atoms with Crippen LogP contribution in [0.2, 0.25) is 0 Å². The maximum absolute atomic E-state index is 13.9. The summed E-state index contributed by atoms with van der Waals surface area (Å²) in [5, 5.41) is 2.81. The zero-order chi connectivity index (χ0) is 20.3. The largest absolute Gasteiger partial charge is 0.484 e. The molecule has 0 bridgehead atoms. The zero-order valence-corrected chi connectivity index (χ0v) is 15.7. The Morgan fingerprint density at radius 3 is 2.68 bits per heavy atom. The van der Waals surface area contributed by atoms with Gasteiger partial charge in [-0.05, 0) is 50.1 Å². The molecule has 1 saturated carbocycles. The van der Waals surface area contributed by atoms with Gasteiger partial charge in [-0.3, -0.25) is 9.59 Å². The molecule has 1 aliphatic carbocycles. The molecular formula is C21H22F2N2O3. The van der Waals surface area contributed by atoms with Crippen molar-refractivity contribution in [2.45, 2.75) is 25.8 Å². The maximum atomic E-state index is 13.9. The third-order valence-electron chi connectivity index (χ3n) is 4.79. The van der Waals surface area contributed by atoms with Crippen molar-refractivity contribution in [1.29, 1.82) is 0 Å². The second-order valence-corrected chi connectivity index (χ2v) is 6.93. The van der Waals surface area contributed by atoms with Gasteiger partial charge < -0.3 is 15.0 Å². The molecule has 1 fully saturated rings. The first-order valence-electron chi connectivity index (χ1n) is 9.09. The molecule has 1 aliphatic rings. The minimum Gasteiger partial charge on any atom is -0.484 e. The van der Waals surface area contributed by atoms with Crippen molar-refractivity contribution >= 4 is 17.5 Å². The minimum atomic E-state index is -0.657. The lowest BCUT2D eigenvalue weighted by Crippen LogP contribution is -2.34. The van der Waals surface area contributed by atoms with Crippen LogP contribution >= 0.6 is 0 Å². The highest BCUT2D eigenvalue weighted by atomic mass is 19.1. The summed E-state index contributed by atoms with van der Waals surface area (Å²) < 4.78 is 32.8. The Labute approximate surface area is 162 Å². The molecule has 0 aliphatic heterocycles. The first kappa shape index (κ1) is 19.8. The number of hydrogen-bond donors (Lipinski definition) is 1. The van der Waals surface area contributed by atoms with Gasteiger partial charge in [0.1, 0.15) is 17.4 Å². The summed E-state index contributed by atoms with van der Waals surface area (Å²) in [5.74, 6) is -1.02. The summed E-state index contributed by atoms with van der Waals surface area (Å²) in [6.45, 7) is 1.35. The van der Waals surface area contributed by atoms with Crippen LogP contribution in [0.3, 0.4) is 0 Å². The Kier molecular flexibility index (Phi) is 5.92. The molecule has 0 spiro atoms. The van der Waals surface area contributed by atoms with E-state index < -0.39 is 17.7 Å². The van der Waals surface area contributed by atoms with Crippen LogP contribution in [0.15, 0.2) is 42.5 Å². The quantitative estimate of drug-likeness (QED) is 0.782. The molecule has 2 amide bonds. The summed E-state index contributed by atoms with van der Waals surface area (Å²) >= 11 is 0. The lowest BCUT2D eigenvalue weighted by molar-refractivity contribution is -0.134. The summed E-state index contributed by atoms with van der Waals surface area (Å²) in [6.07, 6.45) is 1.82. The molecule has 1 unspecified atom stereocenters. The van der Waals surface area contributed by atoms with E-state index in [1.54, 1.807) is 31.2 Å². The summed E-state index contributed by atoms with van der Waals surface area (Å²) in [4.78, 5) is 25.5. The molecule has 28 heavy (non-hydrogen) atoms. The highest BCUT2D eigenvalue weighted by Crippen LogP contribution is 2.30. The van der Waals surface area contributed by atoms with Crippen LogP contribution in [0.5, 0.6) is 5.75 Å². The number of amides is 2. The second kappa shape index (κ2) is 8.37. The van der Waals surface area contributed by atoms with Crippen LogP contribution < -0.4 is 10.1 Å². The van der Waals surface area contributed by atoms with Crippen LogP contribution in [0.25, 0.3) is 0 Å². The van der Waals surface area contributed by atoms with E-state index in [9.17, 15) is 18.4 Å². The molecule has 0 aromatic heterocycles. The van der Waals surface area contributed by atoms with Crippen molar-refractivity contribution in [2.75, 3.05) is 19.0 Å². The molecule has 2 aromatic carbocycles. The Morgan fingerprint density at radius 2 is 1.96 bits per heavy atom. The fourth-order valence-electron chi connectivity index (χ4n) is 2.76. The second-order valence-electron chi connectivity index (χ2n) is 6.93. The van der Waals surface area contributed by atoms with Crippen LogP contribution in [-0.4, -0.2) is 30.4 Å². The van der Waals surface area contributed by atoms with Gasteiger partial charge in [-0.25, -0.2) is 8.78 Å². The van der Waals surface area contributed by atoms with E-state index in [0.717, 1.165) is 31.0 Å². The molecule has 0 saturated heterocycles. The van der Waals surface area contributed by atoms with Gasteiger partial charge in [0.05, 0.1) is 6.04 Å². The van der Waals surface area contributed by atoms with Gasteiger partial charge in [-0.2, -0.15) is 0 Å². The Bertz CT molecular complexity index is 884. The molecule has 0 radical (unpaired) electrons. The molecular weight excluding hydrogens is 366 g/mol. The van der Waals surface area contributed by atoms with Gasteiger partial charge in [0.25, 0.3) is 5.91 Å². The number of likely N-dealkylation sites (N-methyl/N-ethyl adjacent to an activating group) is 1. The van der Waals surface area contributed by atoms with Crippen molar-refractivity contribution < 1.29 is 23.1 Å². The zero-order valence-electron chi connectivity index (χ0n) is 15.7. The van der Waals surface area contributed by atoms with Crippen molar-refractivity contribution in [2.24, 2.45) is 5.92 Å². The van der Waals surface area contributed by atoms with Gasteiger partial charge in [-0.1, -0.05) is 6.07 Å². The number of anilines is 1. The van der Waals surface area contributed by atoms with E-state index in [2.05, 4.69) is 5.32 Å². The maximum Gasteiger partial charge on any atom is 0.260 e. The van der Waals surface area contributed by atoms with Crippen LogP contribution in [0.4, 0.5) is 14.5 Å². The highest BCUT2D eigenvalue weighted by Gasteiger charge is 2.29. The van der Waals surface area contributed by atoms with E-state index in [1.165, 1.54) is 11.9 Å². The Morgan fingerprint density at radius 1 is 1.21 bits per heavy atom. The SMILES string of the molecule is CC(c1cc(F)ccc1F)N(C)C(=O)COc1cccc(NC(=O)C2CC2)c1. The van der Waals surface area contributed by atoms with Gasteiger partial charge in [-0.15, -0.1) is 0 Å². The van der Waals surface area contributed by atoms with E-state index in [1.807, 2.05) is 0 Å². The molecule has 2 aromatic rings. The molecule has 0 heterocycles. The van der Waals surface area contributed by atoms with Crippen LogP contribution in [0, 0.1) is 17.6 Å². The molecule has 7 heteroatoms. The number of carbonyl (C=O) groups is 2. The number of halogens is 2. The van der Waals surface area contributed by atoms with Crippen LogP contribution in [-0.2, 0) is 9.59 Å². The first-order chi connectivity index (χ1) is 13.3. The van der Waals surface area contributed by atoms with E-state index in [4.69, 9.17) is 4.74 Å². The summed E-state index contributed by atoms with van der Waals surface area (Å²) in [7, 11) is 1.51. The number of benzene rings is 2. The average molecular weight is 388 g/mol. The third-order valence-corrected chi connectivity index (χ3v) is 4.79. The lowest BCUT2D eigenvalue weighted by atomic mass is 10.1. The standard InChI is InChI=1S/C21H22F2N2O3/c1-13(18-10-15(22)8-9-19(18)23)25(2)20(26)12-28-17-5-3-4-16(11-17)24-21(27)14-6-7-14/h3-5,8-11,13-14H,6-7,12H2,1-2H3,(H,24,27). The fourth-order valence-corrected chi connectivity index (χ4v) is 2.76. The van der Waals surface area contributed by atoms with E-state index in [-0.39, 0.29) is 29.9 Å². The molecule has 5 nitrogen and oxygen atoms in total. The number of nitrogens with zero attached hydrogens (tertiary/aromatic N) is 1. The topological polar surface area (TPSA) is 58.6 Å². The van der Waals surface area contributed by atoms with Gasteiger partial charge >= 0.3 is 0 Å². The van der Waals surface area contributed by atoms with Gasteiger partial charge in [0, 0.05) is 30.3 Å². The predicted octanol–water partition coefficient (Wildman–Crippen LogP) is 3.91. The lowest BCUT2D eigenvalue weighted by Gasteiger charge is -2.25. The number of rotatable bonds is 7. The minimum absolute atomic E-state index is 0.0149. The molecule has 3 rings (SSSR count). The van der Waals surface area contributed by atoms with Gasteiger partial charge in [0.15, 0.2) is 6.61 Å². The molecule has 1 atom stereocenters. The van der Waals surface area contributed by atoms with E-state index in [0.29, 0.717) is 11.4 Å².